The fourth-order valence-electron chi connectivity index (χ4n) is 2.26. The molecule has 6 nitrogen and oxygen atoms in total. The molecular weight excluding hydrogens is 339 g/mol. The number of amides is 2. The number of hydrogen-bond donors (Lipinski definition) is 2. The smallest absolute Gasteiger partial charge is 0.305 e. The molecule has 132 valence electrons. The van der Waals surface area contributed by atoms with Crippen LogP contribution in [0.25, 0.3) is 11.3 Å². The molecule has 0 aliphatic rings. The number of hydrazine groups is 1. The van der Waals surface area contributed by atoms with Gasteiger partial charge in [-0.3, -0.25) is 20.4 Å². The van der Waals surface area contributed by atoms with Crippen molar-refractivity contribution in [3.63, 3.8) is 0 Å². The zero-order chi connectivity index (χ0) is 18.5. The molecule has 2 aromatic carbocycles. The van der Waals surface area contributed by atoms with Crippen LogP contribution in [-0.2, 0) is 0 Å². The quantitative estimate of drug-likeness (QED) is 0.705. The Bertz CT molecular complexity index is 935. The minimum Gasteiger partial charge on any atom is -0.497 e. The standard InChI is InChI=1S/C19H15FN2O4/c1-25-13-8-6-12(7-9-13)18(23)21-22-19(24)17-11-10-16(26-17)14-4-2-3-5-15(14)20/h2-11H,1H3,(H,21,23)(H,22,24). The molecule has 3 aromatic rings. The highest BCUT2D eigenvalue weighted by molar-refractivity contribution is 5.98. The van der Waals surface area contributed by atoms with E-state index in [1.165, 1.54) is 25.3 Å². The third-order valence-corrected chi connectivity index (χ3v) is 3.61. The minimum atomic E-state index is -0.658. The van der Waals surface area contributed by atoms with Crippen LogP contribution < -0.4 is 15.6 Å². The zero-order valence-electron chi connectivity index (χ0n) is 13.8. The van der Waals surface area contributed by atoms with E-state index < -0.39 is 17.6 Å². The maximum Gasteiger partial charge on any atom is 0.305 e. The normalized spacial score (nSPS) is 10.2. The summed E-state index contributed by atoms with van der Waals surface area (Å²) in [6.07, 6.45) is 0. The molecule has 0 spiro atoms. The van der Waals surface area contributed by atoms with Gasteiger partial charge in [-0.15, -0.1) is 0 Å². The van der Waals surface area contributed by atoms with Gasteiger partial charge in [0, 0.05) is 5.56 Å². The Morgan fingerprint density at radius 3 is 2.31 bits per heavy atom. The van der Waals surface area contributed by atoms with Crippen LogP contribution in [-0.4, -0.2) is 18.9 Å². The van der Waals surface area contributed by atoms with E-state index in [9.17, 15) is 14.0 Å². The second kappa shape index (κ2) is 7.52. The van der Waals surface area contributed by atoms with Crippen LogP contribution in [0.4, 0.5) is 4.39 Å². The van der Waals surface area contributed by atoms with Crippen molar-refractivity contribution in [2.75, 3.05) is 7.11 Å². The average Bonchev–Trinajstić information content (AvgIpc) is 3.16. The summed E-state index contributed by atoms with van der Waals surface area (Å²) in [7, 11) is 1.52. The Morgan fingerprint density at radius 2 is 1.62 bits per heavy atom. The Hall–Kier alpha value is -3.61. The largest absolute Gasteiger partial charge is 0.497 e. The summed E-state index contributed by atoms with van der Waals surface area (Å²) in [5.74, 6) is -0.840. The first-order chi connectivity index (χ1) is 12.6. The van der Waals surface area contributed by atoms with E-state index in [2.05, 4.69) is 10.9 Å². The SMILES string of the molecule is COc1ccc(C(=O)NNC(=O)c2ccc(-c3ccccc3F)o2)cc1. The van der Waals surface area contributed by atoms with Gasteiger partial charge < -0.3 is 9.15 Å². The molecule has 0 bridgehead atoms. The summed E-state index contributed by atoms with van der Waals surface area (Å²) >= 11 is 0. The lowest BCUT2D eigenvalue weighted by molar-refractivity contribution is 0.0831. The first kappa shape index (κ1) is 17.2. The molecule has 7 heteroatoms. The summed E-state index contributed by atoms with van der Waals surface area (Å²) < 4.78 is 24.1. The van der Waals surface area contributed by atoms with Crippen LogP contribution in [0.15, 0.2) is 65.1 Å². The molecule has 0 unspecified atom stereocenters. The summed E-state index contributed by atoms with van der Waals surface area (Å²) in [4.78, 5) is 24.1. The number of carbonyl (C=O) groups is 2. The number of furan rings is 1. The highest BCUT2D eigenvalue weighted by atomic mass is 19.1. The van der Waals surface area contributed by atoms with Gasteiger partial charge in [-0.2, -0.15) is 0 Å². The fraction of sp³-hybridized carbons (Fsp3) is 0.0526. The van der Waals surface area contributed by atoms with Crippen molar-refractivity contribution < 1.29 is 23.1 Å². The molecular formula is C19H15FN2O4. The van der Waals surface area contributed by atoms with E-state index in [0.29, 0.717) is 11.3 Å². The maximum absolute atomic E-state index is 13.8. The van der Waals surface area contributed by atoms with Crippen molar-refractivity contribution in [3.05, 3.63) is 77.8 Å². The van der Waals surface area contributed by atoms with Crippen LogP contribution >= 0.6 is 0 Å². The van der Waals surface area contributed by atoms with E-state index in [-0.39, 0.29) is 17.1 Å². The van der Waals surface area contributed by atoms with Crippen LogP contribution in [0, 0.1) is 5.82 Å². The first-order valence-electron chi connectivity index (χ1n) is 7.68. The van der Waals surface area contributed by atoms with Crippen LogP contribution in [0.5, 0.6) is 5.75 Å². The van der Waals surface area contributed by atoms with Gasteiger partial charge in [-0.1, -0.05) is 12.1 Å². The van der Waals surface area contributed by atoms with Crippen LogP contribution in [0.1, 0.15) is 20.9 Å². The number of hydrogen-bond acceptors (Lipinski definition) is 4. The van der Waals surface area contributed by atoms with Crippen LogP contribution in [0.3, 0.4) is 0 Å². The van der Waals surface area contributed by atoms with E-state index >= 15 is 0 Å². The lowest BCUT2D eigenvalue weighted by atomic mass is 10.1. The summed E-state index contributed by atoms with van der Waals surface area (Å²) in [6.45, 7) is 0. The highest BCUT2D eigenvalue weighted by Crippen LogP contribution is 2.24. The number of halogens is 1. The monoisotopic (exact) mass is 354 g/mol. The molecule has 0 fully saturated rings. The van der Waals surface area contributed by atoms with Gasteiger partial charge in [0.25, 0.3) is 5.91 Å². The van der Waals surface area contributed by atoms with E-state index in [1.54, 1.807) is 42.5 Å². The molecule has 0 aliphatic heterocycles. The molecule has 3 rings (SSSR count). The lowest BCUT2D eigenvalue weighted by Crippen LogP contribution is -2.41. The van der Waals surface area contributed by atoms with Crippen molar-refractivity contribution in [3.8, 4) is 17.1 Å². The summed E-state index contributed by atoms with van der Waals surface area (Å²) in [5, 5.41) is 0. The number of benzene rings is 2. The van der Waals surface area contributed by atoms with Gasteiger partial charge in [-0.25, -0.2) is 4.39 Å². The highest BCUT2D eigenvalue weighted by Gasteiger charge is 2.15. The number of rotatable bonds is 4. The second-order valence-corrected chi connectivity index (χ2v) is 5.28. The van der Waals surface area contributed by atoms with Crippen molar-refractivity contribution in [2.24, 2.45) is 0 Å². The maximum atomic E-state index is 13.8. The number of ether oxygens (including phenoxy) is 1. The molecule has 26 heavy (non-hydrogen) atoms. The van der Waals surface area contributed by atoms with Crippen molar-refractivity contribution in [1.29, 1.82) is 0 Å². The molecule has 0 saturated heterocycles. The number of nitrogens with one attached hydrogen (secondary N) is 2. The van der Waals surface area contributed by atoms with Gasteiger partial charge in [0.05, 0.1) is 12.7 Å². The van der Waals surface area contributed by atoms with E-state index in [4.69, 9.17) is 9.15 Å². The van der Waals surface area contributed by atoms with Gasteiger partial charge in [0.1, 0.15) is 17.3 Å². The van der Waals surface area contributed by atoms with Crippen molar-refractivity contribution >= 4 is 11.8 Å². The summed E-state index contributed by atoms with van der Waals surface area (Å²) in [6, 6.07) is 15.3. The zero-order valence-corrected chi connectivity index (χ0v) is 13.8. The van der Waals surface area contributed by atoms with E-state index in [0.717, 1.165) is 0 Å². The molecule has 0 saturated carbocycles. The first-order valence-corrected chi connectivity index (χ1v) is 7.68. The predicted octanol–water partition coefficient (Wildman–Crippen LogP) is 3.17. The molecule has 0 aliphatic carbocycles. The molecule has 1 heterocycles. The third-order valence-electron chi connectivity index (χ3n) is 3.61. The number of carbonyl (C=O) groups excluding carboxylic acids is 2. The lowest BCUT2D eigenvalue weighted by Gasteiger charge is -2.06. The van der Waals surface area contributed by atoms with Crippen molar-refractivity contribution in [2.45, 2.75) is 0 Å². The van der Waals surface area contributed by atoms with Gasteiger partial charge in [0.15, 0.2) is 5.76 Å². The predicted molar refractivity (Wildman–Crippen MR) is 92.0 cm³/mol. The molecule has 1 aromatic heterocycles. The summed E-state index contributed by atoms with van der Waals surface area (Å²) in [5.41, 5.74) is 5.12. The number of methoxy groups -OCH3 is 1. The Labute approximate surface area is 148 Å². The molecule has 2 N–H and O–H groups in total. The fourth-order valence-corrected chi connectivity index (χ4v) is 2.26. The van der Waals surface area contributed by atoms with Gasteiger partial charge >= 0.3 is 5.91 Å². The van der Waals surface area contributed by atoms with E-state index in [1.807, 2.05) is 0 Å². The average molecular weight is 354 g/mol. The second-order valence-electron chi connectivity index (χ2n) is 5.28. The minimum absolute atomic E-state index is 0.0571. The third kappa shape index (κ3) is 3.72. The van der Waals surface area contributed by atoms with Crippen LogP contribution in [0.2, 0.25) is 0 Å². The molecule has 2 amide bonds. The topological polar surface area (TPSA) is 80.6 Å². The Balaban J connectivity index is 1.63. The molecule has 0 atom stereocenters. The van der Waals surface area contributed by atoms with Crippen molar-refractivity contribution in [1.82, 2.24) is 10.9 Å². The Kier molecular flexibility index (Phi) is 4.98. The van der Waals surface area contributed by atoms with Gasteiger partial charge in [-0.05, 0) is 48.5 Å². The Morgan fingerprint density at radius 1 is 0.923 bits per heavy atom. The van der Waals surface area contributed by atoms with Gasteiger partial charge in [0.2, 0.25) is 0 Å². The molecule has 0 radical (unpaired) electrons.